The monoisotopic (exact) mass is 262 g/mol. The molecule has 2 N–H and O–H groups in total. The molecular formula is C15H22N2O2. The quantitative estimate of drug-likeness (QED) is 0.835. The van der Waals surface area contributed by atoms with Gasteiger partial charge in [0, 0.05) is 12.6 Å². The molecular weight excluding hydrogens is 240 g/mol. The average molecular weight is 262 g/mol. The van der Waals surface area contributed by atoms with Gasteiger partial charge < -0.3 is 15.4 Å². The van der Waals surface area contributed by atoms with E-state index in [1.54, 1.807) is 0 Å². The number of carbonyl (C=O) groups is 1. The summed E-state index contributed by atoms with van der Waals surface area (Å²) >= 11 is 0. The molecule has 4 nitrogen and oxygen atoms in total. The topological polar surface area (TPSA) is 50.4 Å². The lowest BCUT2D eigenvalue weighted by molar-refractivity contribution is -0.125. The largest absolute Gasteiger partial charge is 0.379 e. The molecule has 0 bridgehead atoms. The molecule has 2 unspecified atom stereocenters. The molecule has 4 heteroatoms. The number of rotatable bonds is 5. The average Bonchev–Trinajstić information content (AvgIpc) is 2.93. The molecule has 0 aliphatic carbocycles. The summed E-state index contributed by atoms with van der Waals surface area (Å²) in [7, 11) is 1.87. The number of carbonyl (C=O) groups excluding carboxylic acids is 1. The van der Waals surface area contributed by atoms with Crippen molar-refractivity contribution in [3.8, 4) is 0 Å². The Bertz CT molecular complexity index is 434. The lowest BCUT2D eigenvalue weighted by Crippen LogP contribution is -2.42. The molecule has 0 aromatic heterocycles. The molecule has 104 valence electrons. The first-order chi connectivity index (χ1) is 9.26. The van der Waals surface area contributed by atoms with Crippen LogP contribution in [0, 0.1) is 5.92 Å². The van der Waals surface area contributed by atoms with E-state index in [1.807, 2.05) is 19.2 Å². The molecule has 1 aliphatic rings. The zero-order chi connectivity index (χ0) is 13.7. The van der Waals surface area contributed by atoms with E-state index in [0.29, 0.717) is 19.8 Å². The van der Waals surface area contributed by atoms with E-state index in [1.165, 1.54) is 11.1 Å². The van der Waals surface area contributed by atoms with E-state index in [2.05, 4.69) is 29.7 Å². The van der Waals surface area contributed by atoms with Gasteiger partial charge in [0.1, 0.15) is 0 Å². The molecule has 1 amide bonds. The van der Waals surface area contributed by atoms with Crippen LogP contribution in [-0.4, -0.2) is 32.2 Å². The zero-order valence-electron chi connectivity index (χ0n) is 11.6. The van der Waals surface area contributed by atoms with E-state index in [9.17, 15) is 4.79 Å². The third-order valence-corrected chi connectivity index (χ3v) is 3.74. The summed E-state index contributed by atoms with van der Waals surface area (Å²) < 4.78 is 5.36. The predicted molar refractivity (Wildman–Crippen MR) is 74.8 cm³/mol. The molecule has 2 rings (SSSR count). The van der Waals surface area contributed by atoms with Gasteiger partial charge in [-0.3, -0.25) is 4.79 Å². The number of hydrogen-bond acceptors (Lipinski definition) is 3. The minimum Gasteiger partial charge on any atom is -0.379 e. The van der Waals surface area contributed by atoms with Crippen molar-refractivity contribution in [1.29, 1.82) is 0 Å². The van der Waals surface area contributed by atoms with Gasteiger partial charge in [0.05, 0.1) is 19.1 Å². The van der Waals surface area contributed by atoms with Gasteiger partial charge in [0.2, 0.25) is 5.91 Å². The van der Waals surface area contributed by atoms with Gasteiger partial charge >= 0.3 is 0 Å². The van der Waals surface area contributed by atoms with Gasteiger partial charge in [0.15, 0.2) is 0 Å². The molecule has 0 radical (unpaired) electrons. The normalized spacial score (nSPS) is 22.4. The highest BCUT2D eigenvalue weighted by Gasteiger charge is 2.32. The van der Waals surface area contributed by atoms with Crippen LogP contribution in [0.2, 0.25) is 0 Å². The number of amides is 1. The highest BCUT2D eigenvalue weighted by Crippen LogP contribution is 2.14. The maximum Gasteiger partial charge on any atom is 0.227 e. The third-order valence-electron chi connectivity index (χ3n) is 3.74. The van der Waals surface area contributed by atoms with Gasteiger partial charge in [-0.15, -0.1) is 0 Å². The zero-order valence-corrected chi connectivity index (χ0v) is 11.6. The number of ether oxygens (including phenoxy) is 1. The van der Waals surface area contributed by atoms with Crippen LogP contribution >= 0.6 is 0 Å². The van der Waals surface area contributed by atoms with Gasteiger partial charge in [-0.05, 0) is 24.6 Å². The Hall–Kier alpha value is -1.39. The second-order valence-electron chi connectivity index (χ2n) is 4.88. The Morgan fingerprint density at radius 1 is 1.32 bits per heavy atom. The molecule has 1 heterocycles. The van der Waals surface area contributed by atoms with Crippen LogP contribution in [0.5, 0.6) is 0 Å². The Kier molecular flexibility index (Phi) is 4.93. The summed E-state index contributed by atoms with van der Waals surface area (Å²) in [5, 5.41) is 6.15. The smallest absolute Gasteiger partial charge is 0.227 e. The fourth-order valence-electron chi connectivity index (χ4n) is 2.49. The third kappa shape index (κ3) is 3.33. The molecule has 19 heavy (non-hydrogen) atoms. The van der Waals surface area contributed by atoms with E-state index in [-0.39, 0.29) is 17.9 Å². The van der Waals surface area contributed by atoms with Crippen molar-refractivity contribution in [3.05, 3.63) is 35.4 Å². The van der Waals surface area contributed by atoms with E-state index < -0.39 is 0 Å². The standard InChI is InChI=1S/C15H22N2O2/c1-3-11-6-4-5-7-12(11)8-17-15(18)13-9-19-10-14(13)16-2/h4-7,13-14,16H,3,8-10H2,1-2H3,(H,17,18). The Labute approximate surface area is 114 Å². The van der Waals surface area contributed by atoms with Crippen molar-refractivity contribution in [2.24, 2.45) is 5.92 Å². The van der Waals surface area contributed by atoms with Crippen molar-refractivity contribution in [2.45, 2.75) is 25.9 Å². The number of likely N-dealkylation sites (N-methyl/N-ethyl adjacent to an activating group) is 1. The van der Waals surface area contributed by atoms with Crippen molar-refractivity contribution in [1.82, 2.24) is 10.6 Å². The SMILES string of the molecule is CCc1ccccc1CNC(=O)C1COCC1NC. The maximum absolute atomic E-state index is 12.2. The molecule has 1 aromatic carbocycles. The van der Waals surface area contributed by atoms with E-state index >= 15 is 0 Å². The Morgan fingerprint density at radius 3 is 2.74 bits per heavy atom. The summed E-state index contributed by atoms with van der Waals surface area (Å²) in [4.78, 5) is 12.2. The second kappa shape index (κ2) is 6.68. The Balaban J connectivity index is 1.93. The fourth-order valence-corrected chi connectivity index (χ4v) is 2.49. The van der Waals surface area contributed by atoms with Crippen LogP contribution in [-0.2, 0) is 22.5 Å². The highest BCUT2D eigenvalue weighted by molar-refractivity contribution is 5.79. The van der Waals surface area contributed by atoms with Crippen molar-refractivity contribution >= 4 is 5.91 Å². The maximum atomic E-state index is 12.2. The van der Waals surface area contributed by atoms with Gasteiger partial charge in [-0.2, -0.15) is 0 Å². The molecule has 2 atom stereocenters. The second-order valence-corrected chi connectivity index (χ2v) is 4.88. The van der Waals surface area contributed by atoms with Crippen LogP contribution in [0.25, 0.3) is 0 Å². The molecule has 1 aromatic rings. The molecule has 0 saturated carbocycles. The molecule has 1 fully saturated rings. The first kappa shape index (κ1) is 14.0. The van der Waals surface area contributed by atoms with Crippen LogP contribution in [0.3, 0.4) is 0 Å². The predicted octanol–water partition coefficient (Wildman–Crippen LogP) is 1.10. The minimum atomic E-state index is -0.0845. The lowest BCUT2D eigenvalue weighted by Gasteiger charge is -2.17. The first-order valence-corrected chi connectivity index (χ1v) is 6.85. The van der Waals surface area contributed by atoms with Crippen LogP contribution in [0.15, 0.2) is 24.3 Å². The highest BCUT2D eigenvalue weighted by atomic mass is 16.5. The molecule has 1 aliphatic heterocycles. The summed E-state index contributed by atoms with van der Waals surface area (Å²) in [6.07, 6.45) is 0.984. The van der Waals surface area contributed by atoms with Crippen LogP contribution in [0.4, 0.5) is 0 Å². The van der Waals surface area contributed by atoms with Gasteiger partial charge in [-0.25, -0.2) is 0 Å². The lowest BCUT2D eigenvalue weighted by atomic mass is 10.0. The Morgan fingerprint density at radius 2 is 2.05 bits per heavy atom. The van der Waals surface area contributed by atoms with Crippen molar-refractivity contribution < 1.29 is 9.53 Å². The minimum absolute atomic E-state index is 0.0720. The number of hydrogen-bond donors (Lipinski definition) is 2. The van der Waals surface area contributed by atoms with E-state index in [0.717, 1.165) is 6.42 Å². The summed E-state index contributed by atoms with van der Waals surface area (Å²) in [6, 6.07) is 8.35. The molecule has 1 saturated heterocycles. The summed E-state index contributed by atoms with van der Waals surface area (Å²) in [5.74, 6) is -0.0125. The number of benzene rings is 1. The number of aryl methyl sites for hydroxylation is 1. The van der Waals surface area contributed by atoms with Crippen LogP contribution in [0.1, 0.15) is 18.1 Å². The van der Waals surface area contributed by atoms with Crippen molar-refractivity contribution in [2.75, 3.05) is 20.3 Å². The number of nitrogens with one attached hydrogen (secondary N) is 2. The van der Waals surface area contributed by atoms with Gasteiger partial charge in [0.25, 0.3) is 0 Å². The van der Waals surface area contributed by atoms with Crippen molar-refractivity contribution in [3.63, 3.8) is 0 Å². The molecule has 0 spiro atoms. The first-order valence-electron chi connectivity index (χ1n) is 6.85. The summed E-state index contributed by atoms with van der Waals surface area (Å²) in [6.45, 7) is 3.84. The fraction of sp³-hybridized carbons (Fsp3) is 0.533. The summed E-state index contributed by atoms with van der Waals surface area (Å²) in [5.41, 5.74) is 2.48. The van der Waals surface area contributed by atoms with E-state index in [4.69, 9.17) is 4.74 Å². The van der Waals surface area contributed by atoms with Crippen LogP contribution < -0.4 is 10.6 Å². The van der Waals surface area contributed by atoms with Gasteiger partial charge in [-0.1, -0.05) is 31.2 Å².